The first-order chi connectivity index (χ1) is 16.0. The molecule has 0 radical (unpaired) electrons. The molecule has 0 fully saturated rings. The van der Waals surface area contributed by atoms with E-state index in [4.69, 9.17) is 0 Å². The van der Waals surface area contributed by atoms with E-state index in [9.17, 15) is 0 Å². The van der Waals surface area contributed by atoms with E-state index < -0.39 is 0 Å². The highest BCUT2D eigenvalue weighted by atomic mass is 14.9. The summed E-state index contributed by atoms with van der Waals surface area (Å²) in [4.78, 5) is 31.9. The molecular weight excluding hydrogens is 424 g/mol. The number of rotatable bonds is 0. The van der Waals surface area contributed by atoms with Crippen LogP contribution in [0.1, 0.15) is 56.5 Å². The third-order valence-corrected chi connectivity index (χ3v) is 5.18. The molecule has 34 heavy (non-hydrogen) atoms. The fourth-order valence-electron chi connectivity index (χ4n) is 2.43. The van der Waals surface area contributed by atoms with Crippen LogP contribution in [0.15, 0.2) is 37.6 Å². The van der Waals surface area contributed by atoms with Crippen LogP contribution >= 0.6 is 0 Å². The Bertz CT molecular complexity index is 1100. The Morgan fingerprint density at radius 3 is 1.24 bits per heavy atom. The lowest BCUT2D eigenvalue weighted by Gasteiger charge is -2.02. The van der Waals surface area contributed by atoms with Crippen LogP contribution in [-0.4, -0.2) is 39.9 Å². The second-order valence-corrected chi connectivity index (χ2v) is 7.94. The summed E-state index contributed by atoms with van der Waals surface area (Å²) in [6.07, 6.45) is 10.0. The maximum atomic E-state index is 4.22. The average Bonchev–Trinajstić information content (AvgIpc) is 2.79. The molecule has 0 aliphatic heterocycles. The normalized spacial score (nSPS) is 9.47. The lowest BCUT2D eigenvalue weighted by Crippen LogP contribution is -1.97. The smallest absolute Gasteiger partial charge is 0.125 e. The van der Waals surface area contributed by atoms with Crippen molar-refractivity contribution in [3.05, 3.63) is 94.1 Å². The predicted octanol–water partition coefficient (Wildman–Crippen LogP) is 4.99. The van der Waals surface area contributed by atoms with Gasteiger partial charge in [0.15, 0.2) is 0 Å². The van der Waals surface area contributed by atoms with E-state index in [1.54, 1.807) is 25.0 Å². The Labute approximate surface area is 203 Å². The van der Waals surface area contributed by atoms with Crippen LogP contribution in [0.4, 0.5) is 0 Å². The van der Waals surface area contributed by atoms with Crippen molar-refractivity contribution in [3.8, 4) is 0 Å². The molecule has 4 aromatic rings. The highest BCUT2D eigenvalue weighted by molar-refractivity contribution is 5.21. The van der Waals surface area contributed by atoms with Crippen molar-refractivity contribution < 1.29 is 0 Å². The quantitative estimate of drug-likeness (QED) is 0.361. The molecule has 0 aliphatic carbocycles. The summed E-state index contributed by atoms with van der Waals surface area (Å²) in [6, 6.07) is 0. The highest BCUT2D eigenvalue weighted by Gasteiger charge is 1.99. The molecule has 0 amide bonds. The highest BCUT2D eigenvalue weighted by Crippen LogP contribution is 2.06. The number of nitrogens with zero attached hydrogens (tertiary/aromatic N) is 8. The van der Waals surface area contributed by atoms with Crippen LogP contribution < -0.4 is 0 Å². The first-order valence-electron chi connectivity index (χ1n) is 11.0. The van der Waals surface area contributed by atoms with Gasteiger partial charge in [-0.3, -0.25) is 0 Å². The molecule has 0 unspecified atom stereocenters. The van der Waals surface area contributed by atoms with Crippen molar-refractivity contribution in [1.29, 1.82) is 0 Å². The second-order valence-electron chi connectivity index (χ2n) is 7.94. The van der Waals surface area contributed by atoms with Crippen LogP contribution in [0.25, 0.3) is 0 Å². The van der Waals surface area contributed by atoms with Crippen molar-refractivity contribution in [2.75, 3.05) is 0 Å². The minimum absolute atomic E-state index is 0.862. The van der Waals surface area contributed by atoms with Crippen LogP contribution in [-0.2, 0) is 0 Å². The van der Waals surface area contributed by atoms with Crippen molar-refractivity contribution in [1.82, 2.24) is 39.9 Å². The Morgan fingerprint density at radius 2 is 0.882 bits per heavy atom. The molecule has 0 saturated heterocycles. The van der Waals surface area contributed by atoms with Gasteiger partial charge in [-0.1, -0.05) is 0 Å². The van der Waals surface area contributed by atoms with Crippen LogP contribution in [0, 0.1) is 69.2 Å². The lowest BCUT2D eigenvalue weighted by molar-refractivity contribution is 0.948. The summed E-state index contributed by atoms with van der Waals surface area (Å²) in [5, 5.41) is 0. The molecule has 0 atom stereocenters. The Kier molecular flexibility index (Phi) is 12.1. The summed E-state index contributed by atoms with van der Waals surface area (Å²) in [5.74, 6) is 0.862. The molecule has 4 heterocycles. The van der Waals surface area contributed by atoms with Crippen LogP contribution in [0.3, 0.4) is 0 Å². The van der Waals surface area contributed by atoms with E-state index in [1.807, 2.05) is 75.4 Å². The number of aromatic nitrogens is 8. The third-order valence-electron chi connectivity index (χ3n) is 5.18. The molecule has 0 aromatic carbocycles. The second kappa shape index (κ2) is 14.5. The molecule has 4 rings (SSSR count). The standard InChI is InChI=1S/C8H12N2.C7H10N2.C6H8N2.C5H6N2/c1-5-6(2)9-8(4)10-7(5)3;1-5-6(2)8-4-9-7(5)3;1-5-3-7-4-8-6(5)2;1-5-2-6-4-7-3-5/h1-4H3;4H,1-3H3;3-4H,1-2H3;2-4H,1H3. The fourth-order valence-corrected chi connectivity index (χ4v) is 2.43. The Balaban J connectivity index is 0.000000228. The first kappa shape index (κ1) is 28.4. The van der Waals surface area contributed by atoms with Crippen LogP contribution in [0.2, 0.25) is 0 Å². The van der Waals surface area contributed by atoms with Crippen molar-refractivity contribution in [2.24, 2.45) is 0 Å². The molecule has 180 valence electrons. The van der Waals surface area contributed by atoms with Gasteiger partial charge in [0, 0.05) is 47.1 Å². The summed E-state index contributed by atoms with van der Waals surface area (Å²) in [5.41, 5.74) is 10.0. The maximum Gasteiger partial charge on any atom is 0.125 e. The summed E-state index contributed by atoms with van der Waals surface area (Å²) >= 11 is 0. The van der Waals surface area contributed by atoms with Gasteiger partial charge in [0.2, 0.25) is 0 Å². The van der Waals surface area contributed by atoms with Gasteiger partial charge in [-0.25, -0.2) is 39.9 Å². The number of aryl methyl sites for hydroxylation is 8. The van der Waals surface area contributed by atoms with Crippen LogP contribution in [0.5, 0.6) is 0 Å². The summed E-state index contributed by atoms with van der Waals surface area (Å²) < 4.78 is 0. The molecule has 4 aromatic heterocycles. The zero-order valence-electron chi connectivity index (χ0n) is 22.0. The molecule has 0 bridgehead atoms. The summed E-state index contributed by atoms with van der Waals surface area (Å²) in [7, 11) is 0. The lowest BCUT2D eigenvalue weighted by atomic mass is 10.2. The minimum atomic E-state index is 0.862. The Morgan fingerprint density at radius 1 is 0.441 bits per heavy atom. The van der Waals surface area contributed by atoms with E-state index in [2.05, 4.69) is 39.9 Å². The molecule has 0 spiro atoms. The molecule has 8 nitrogen and oxygen atoms in total. The van der Waals surface area contributed by atoms with Gasteiger partial charge in [0.1, 0.15) is 24.8 Å². The molecule has 0 saturated carbocycles. The minimum Gasteiger partial charge on any atom is -0.245 e. The number of hydrogen-bond donors (Lipinski definition) is 0. The van der Waals surface area contributed by atoms with E-state index >= 15 is 0 Å². The number of hydrogen-bond acceptors (Lipinski definition) is 8. The third kappa shape index (κ3) is 10.3. The molecular formula is C26H36N8. The summed E-state index contributed by atoms with van der Waals surface area (Å²) in [6.45, 7) is 19.9. The monoisotopic (exact) mass is 460 g/mol. The van der Waals surface area contributed by atoms with Gasteiger partial charge >= 0.3 is 0 Å². The van der Waals surface area contributed by atoms with Gasteiger partial charge in [-0.15, -0.1) is 0 Å². The van der Waals surface area contributed by atoms with Gasteiger partial charge in [-0.2, -0.15) is 0 Å². The van der Waals surface area contributed by atoms with E-state index in [0.29, 0.717) is 0 Å². The van der Waals surface area contributed by atoms with Gasteiger partial charge in [-0.05, 0) is 91.5 Å². The zero-order valence-corrected chi connectivity index (χ0v) is 22.0. The topological polar surface area (TPSA) is 103 Å². The Hall–Kier alpha value is -3.68. The SMILES string of the molecule is Cc1cncnc1.Cc1cncnc1C.Cc1nc(C)c(C)c(C)n1.Cc1ncnc(C)c1C. The van der Waals surface area contributed by atoms with E-state index in [0.717, 1.165) is 45.4 Å². The van der Waals surface area contributed by atoms with E-state index in [-0.39, 0.29) is 0 Å². The predicted molar refractivity (Wildman–Crippen MR) is 135 cm³/mol. The largest absolute Gasteiger partial charge is 0.245 e. The van der Waals surface area contributed by atoms with Gasteiger partial charge in [0.05, 0.1) is 0 Å². The molecule has 0 aliphatic rings. The van der Waals surface area contributed by atoms with Gasteiger partial charge in [0.25, 0.3) is 0 Å². The maximum absolute atomic E-state index is 4.22. The van der Waals surface area contributed by atoms with Crippen molar-refractivity contribution in [2.45, 2.75) is 69.2 Å². The fraction of sp³-hybridized carbons (Fsp3) is 0.385. The van der Waals surface area contributed by atoms with Gasteiger partial charge < -0.3 is 0 Å². The van der Waals surface area contributed by atoms with Crippen molar-refractivity contribution >= 4 is 0 Å². The van der Waals surface area contributed by atoms with Crippen molar-refractivity contribution in [3.63, 3.8) is 0 Å². The molecule has 0 N–H and O–H groups in total. The average molecular weight is 461 g/mol. The zero-order chi connectivity index (χ0) is 25.7. The molecule has 8 heteroatoms. The van der Waals surface area contributed by atoms with E-state index in [1.165, 1.54) is 17.5 Å². The first-order valence-corrected chi connectivity index (χ1v) is 11.0.